The Morgan fingerprint density at radius 1 is 0.912 bits per heavy atom. The molecule has 6 heteroatoms. The maximum Gasteiger partial charge on any atom is 0.161 e. The fourth-order valence-corrected chi connectivity index (χ4v) is 5.68. The Morgan fingerprint density at radius 2 is 1.74 bits per heavy atom. The van der Waals surface area contributed by atoms with Gasteiger partial charge in [-0.15, -0.1) is 10.2 Å². The minimum absolute atomic E-state index is 0.461. The molecule has 1 saturated heterocycles. The Hall–Kier alpha value is -3.66. The minimum atomic E-state index is -0.461. The fourth-order valence-electron chi connectivity index (χ4n) is 4.77. The van der Waals surface area contributed by atoms with Gasteiger partial charge >= 0.3 is 0 Å². The van der Waals surface area contributed by atoms with E-state index in [0.29, 0.717) is 13.2 Å². The van der Waals surface area contributed by atoms with Gasteiger partial charge in [0.05, 0.1) is 17.0 Å². The molecule has 0 bridgehead atoms. The zero-order valence-electron chi connectivity index (χ0n) is 18.5. The summed E-state index contributed by atoms with van der Waals surface area (Å²) in [5.41, 5.74) is 4.81. The third kappa shape index (κ3) is 3.63. The number of benzene rings is 3. The molecule has 5 aromatic rings. The average Bonchev–Trinajstić information content (AvgIpc) is 3.38. The van der Waals surface area contributed by atoms with Crippen LogP contribution in [0.4, 0.5) is 0 Å². The second-order valence-corrected chi connectivity index (χ2v) is 9.75. The highest BCUT2D eigenvalue weighted by Gasteiger charge is 2.34. The Kier molecular flexibility index (Phi) is 5.29. The van der Waals surface area contributed by atoms with E-state index in [1.54, 1.807) is 18.1 Å². The van der Waals surface area contributed by atoms with Crippen molar-refractivity contribution in [3.05, 3.63) is 90.8 Å². The van der Waals surface area contributed by atoms with Crippen molar-refractivity contribution in [1.82, 2.24) is 14.6 Å². The van der Waals surface area contributed by atoms with Crippen LogP contribution in [0.3, 0.4) is 0 Å². The van der Waals surface area contributed by atoms with Crippen molar-refractivity contribution in [3.63, 3.8) is 0 Å². The third-order valence-corrected chi connectivity index (χ3v) is 7.61. The molecule has 0 spiro atoms. The summed E-state index contributed by atoms with van der Waals surface area (Å²) in [4.78, 5) is 2.25. The van der Waals surface area contributed by atoms with Crippen LogP contribution in [0.15, 0.2) is 95.0 Å². The lowest BCUT2D eigenvalue weighted by Gasteiger charge is -2.31. The van der Waals surface area contributed by atoms with Crippen molar-refractivity contribution in [2.45, 2.75) is 28.0 Å². The molecule has 1 aliphatic heterocycles. The lowest BCUT2D eigenvalue weighted by molar-refractivity contribution is 0.0675. The third-order valence-electron chi connectivity index (χ3n) is 6.63. The molecule has 6 rings (SSSR count). The number of pyridine rings is 1. The van der Waals surface area contributed by atoms with E-state index in [4.69, 9.17) is 4.74 Å². The minimum Gasteiger partial charge on any atom is -0.381 e. The summed E-state index contributed by atoms with van der Waals surface area (Å²) in [5, 5.41) is 19.6. The predicted molar refractivity (Wildman–Crippen MR) is 134 cm³/mol. The van der Waals surface area contributed by atoms with Crippen LogP contribution in [0, 0.1) is 11.3 Å². The summed E-state index contributed by atoms with van der Waals surface area (Å²) in [5.74, 6) is 0. The van der Waals surface area contributed by atoms with Gasteiger partial charge in [-0.05, 0) is 59.9 Å². The highest BCUT2D eigenvalue weighted by molar-refractivity contribution is 7.99. The molecule has 0 amide bonds. The van der Waals surface area contributed by atoms with Gasteiger partial charge in [-0.1, -0.05) is 60.3 Å². The van der Waals surface area contributed by atoms with Gasteiger partial charge < -0.3 is 4.74 Å². The van der Waals surface area contributed by atoms with Crippen LogP contribution in [0.25, 0.3) is 27.7 Å². The smallest absolute Gasteiger partial charge is 0.161 e. The molecule has 0 unspecified atom stereocenters. The number of hydrogen-bond donors (Lipinski definition) is 0. The van der Waals surface area contributed by atoms with Crippen molar-refractivity contribution < 1.29 is 4.74 Å². The molecule has 0 radical (unpaired) electrons. The molecular formula is C28H22N4OS. The predicted octanol–water partition coefficient (Wildman–Crippen LogP) is 6.27. The molecule has 34 heavy (non-hydrogen) atoms. The molecule has 0 N–H and O–H groups in total. The van der Waals surface area contributed by atoms with Gasteiger partial charge in [0.15, 0.2) is 5.65 Å². The summed E-state index contributed by atoms with van der Waals surface area (Å²) in [7, 11) is 0. The monoisotopic (exact) mass is 462 g/mol. The first kappa shape index (κ1) is 20.9. The SMILES string of the molecule is N#CC1(c2cccc(Sc3ccc4c(-c5ccccc5)cc5nncn5c4c3)c2)CCOCC1. The number of aromatic nitrogens is 3. The second kappa shape index (κ2) is 8.60. The first-order chi connectivity index (χ1) is 16.8. The molecular weight excluding hydrogens is 440 g/mol. The van der Waals surface area contributed by atoms with Gasteiger partial charge in [-0.3, -0.25) is 4.40 Å². The average molecular weight is 463 g/mol. The molecule has 0 atom stereocenters. The normalized spacial score (nSPS) is 15.4. The van der Waals surface area contributed by atoms with Crippen LogP contribution in [0.1, 0.15) is 18.4 Å². The number of ether oxygens (including phenoxy) is 1. The van der Waals surface area contributed by atoms with Gasteiger partial charge in [0.2, 0.25) is 0 Å². The van der Waals surface area contributed by atoms with Crippen LogP contribution >= 0.6 is 11.8 Å². The summed E-state index contributed by atoms with van der Waals surface area (Å²) >= 11 is 1.71. The van der Waals surface area contributed by atoms with Crippen LogP contribution in [-0.2, 0) is 10.2 Å². The largest absolute Gasteiger partial charge is 0.381 e. The van der Waals surface area contributed by atoms with Crippen molar-refractivity contribution in [2.24, 2.45) is 0 Å². The summed E-state index contributed by atoms with van der Waals surface area (Å²) in [6, 6.07) is 30.0. The summed E-state index contributed by atoms with van der Waals surface area (Å²) in [6.07, 6.45) is 3.24. The Morgan fingerprint density at radius 3 is 2.56 bits per heavy atom. The van der Waals surface area contributed by atoms with E-state index < -0.39 is 5.41 Å². The molecule has 3 heterocycles. The van der Waals surface area contributed by atoms with Crippen molar-refractivity contribution in [1.29, 1.82) is 5.26 Å². The van der Waals surface area contributed by atoms with Crippen LogP contribution in [0.5, 0.6) is 0 Å². The van der Waals surface area contributed by atoms with E-state index in [2.05, 4.69) is 89.1 Å². The Bertz CT molecular complexity index is 1530. The molecule has 166 valence electrons. The molecule has 5 nitrogen and oxygen atoms in total. The maximum atomic E-state index is 9.97. The molecule has 2 aromatic heterocycles. The Labute approximate surface area is 202 Å². The zero-order valence-corrected chi connectivity index (χ0v) is 19.3. The van der Waals surface area contributed by atoms with Crippen molar-refractivity contribution in [3.8, 4) is 17.2 Å². The number of hydrogen-bond acceptors (Lipinski definition) is 5. The van der Waals surface area contributed by atoms with E-state index in [-0.39, 0.29) is 0 Å². The standard InChI is InChI=1S/C28H22N4OS/c29-18-28(11-13-33-14-12-28)21-7-4-8-22(15-21)34-23-9-10-24-25(20-5-2-1-3-6-20)17-27-31-30-19-32(27)26(24)16-23/h1-10,15-17,19H,11-14H2. The maximum absolute atomic E-state index is 9.97. The van der Waals surface area contributed by atoms with Crippen LogP contribution in [-0.4, -0.2) is 27.8 Å². The molecule has 1 aliphatic rings. The number of nitrogens with zero attached hydrogens (tertiary/aromatic N) is 4. The van der Waals surface area contributed by atoms with Gasteiger partial charge in [0.25, 0.3) is 0 Å². The van der Waals surface area contributed by atoms with E-state index in [1.807, 2.05) is 10.5 Å². The number of fused-ring (bicyclic) bond motifs is 3. The second-order valence-electron chi connectivity index (χ2n) is 8.60. The lowest BCUT2D eigenvalue weighted by atomic mass is 9.75. The Balaban J connectivity index is 1.41. The van der Waals surface area contributed by atoms with Crippen molar-refractivity contribution in [2.75, 3.05) is 13.2 Å². The van der Waals surface area contributed by atoms with Crippen LogP contribution < -0.4 is 0 Å². The molecule has 3 aromatic carbocycles. The van der Waals surface area contributed by atoms with Crippen molar-refractivity contribution >= 4 is 28.3 Å². The number of rotatable bonds is 4. The molecule has 0 saturated carbocycles. The summed E-state index contributed by atoms with van der Waals surface area (Å²) in [6.45, 7) is 1.27. The molecule has 1 fully saturated rings. The topological polar surface area (TPSA) is 63.2 Å². The highest BCUT2D eigenvalue weighted by Crippen LogP contribution is 2.38. The number of nitriles is 1. The fraction of sp³-hybridized carbons (Fsp3) is 0.179. The van der Waals surface area contributed by atoms with E-state index in [0.717, 1.165) is 55.9 Å². The zero-order chi connectivity index (χ0) is 23.0. The lowest BCUT2D eigenvalue weighted by Crippen LogP contribution is -2.32. The van der Waals surface area contributed by atoms with E-state index in [9.17, 15) is 5.26 Å². The van der Waals surface area contributed by atoms with Gasteiger partial charge in [0, 0.05) is 28.4 Å². The van der Waals surface area contributed by atoms with Crippen LogP contribution in [0.2, 0.25) is 0 Å². The van der Waals surface area contributed by atoms with Gasteiger partial charge in [0.1, 0.15) is 6.33 Å². The van der Waals surface area contributed by atoms with Gasteiger partial charge in [-0.25, -0.2) is 0 Å². The first-order valence-electron chi connectivity index (χ1n) is 11.4. The van der Waals surface area contributed by atoms with Gasteiger partial charge in [-0.2, -0.15) is 5.26 Å². The van der Waals surface area contributed by atoms with E-state index in [1.165, 1.54) is 0 Å². The quantitative estimate of drug-likeness (QED) is 0.315. The molecule has 0 aliphatic carbocycles. The summed E-state index contributed by atoms with van der Waals surface area (Å²) < 4.78 is 7.55. The highest BCUT2D eigenvalue weighted by atomic mass is 32.2. The first-order valence-corrected chi connectivity index (χ1v) is 12.2. The van der Waals surface area contributed by atoms with E-state index >= 15 is 0 Å².